The molecule has 2 heteroatoms. The van der Waals surface area contributed by atoms with Gasteiger partial charge in [0.05, 0.1) is 0 Å². The van der Waals surface area contributed by atoms with Crippen LogP contribution >= 0.6 is 0 Å². The molecule has 1 saturated heterocycles. The van der Waals surface area contributed by atoms with Crippen LogP contribution in [0.1, 0.15) is 26.2 Å². The molecule has 0 unspecified atom stereocenters. The minimum absolute atomic E-state index is 0.208. The summed E-state index contributed by atoms with van der Waals surface area (Å²) < 4.78 is 0. The first kappa shape index (κ1) is 7.56. The summed E-state index contributed by atoms with van der Waals surface area (Å²) in [6.45, 7) is 6.01. The Morgan fingerprint density at radius 3 is 2.45 bits per heavy atom. The lowest BCUT2D eigenvalue weighted by Gasteiger charge is -2.47. The van der Waals surface area contributed by atoms with Crippen LogP contribution in [-0.4, -0.2) is 30.1 Å². The van der Waals surface area contributed by atoms with E-state index in [2.05, 4.69) is 11.8 Å². The van der Waals surface area contributed by atoms with Gasteiger partial charge in [0, 0.05) is 25.2 Å². The van der Waals surface area contributed by atoms with Gasteiger partial charge in [-0.15, -0.1) is 0 Å². The fraction of sp³-hybridized carbons (Fsp3) is 1.00. The topological polar surface area (TPSA) is 29.3 Å². The van der Waals surface area contributed by atoms with E-state index in [1.807, 2.05) is 0 Å². The van der Waals surface area contributed by atoms with Crippen LogP contribution < -0.4 is 5.73 Å². The SMILES string of the molecule is CC1CN(CC2(N)CCC2)C1. The van der Waals surface area contributed by atoms with E-state index in [1.165, 1.54) is 32.4 Å². The molecule has 2 fully saturated rings. The summed E-state index contributed by atoms with van der Waals surface area (Å²) in [6, 6.07) is 0. The minimum Gasteiger partial charge on any atom is -0.324 e. The molecule has 1 aliphatic heterocycles. The van der Waals surface area contributed by atoms with Crippen LogP contribution in [0.3, 0.4) is 0 Å². The van der Waals surface area contributed by atoms with E-state index in [-0.39, 0.29) is 5.54 Å². The first-order chi connectivity index (χ1) is 5.18. The molecule has 0 radical (unpaired) electrons. The van der Waals surface area contributed by atoms with Crippen LogP contribution in [0, 0.1) is 5.92 Å². The summed E-state index contributed by atoms with van der Waals surface area (Å²) in [5.74, 6) is 0.915. The van der Waals surface area contributed by atoms with Crippen LogP contribution in [0.5, 0.6) is 0 Å². The van der Waals surface area contributed by atoms with Gasteiger partial charge < -0.3 is 10.6 Å². The molecule has 0 aromatic heterocycles. The average Bonchev–Trinajstić information content (AvgIpc) is 1.81. The number of hydrogen-bond donors (Lipinski definition) is 1. The van der Waals surface area contributed by atoms with Gasteiger partial charge in [-0.25, -0.2) is 0 Å². The Labute approximate surface area is 68.7 Å². The molecule has 0 bridgehead atoms. The molecular formula is C9H18N2. The van der Waals surface area contributed by atoms with Crippen LogP contribution in [0.2, 0.25) is 0 Å². The number of likely N-dealkylation sites (tertiary alicyclic amines) is 1. The Morgan fingerprint density at radius 1 is 1.45 bits per heavy atom. The Morgan fingerprint density at radius 2 is 2.09 bits per heavy atom. The molecule has 11 heavy (non-hydrogen) atoms. The molecule has 1 saturated carbocycles. The van der Waals surface area contributed by atoms with Gasteiger partial charge in [-0.3, -0.25) is 0 Å². The van der Waals surface area contributed by atoms with Crippen LogP contribution in [0.4, 0.5) is 0 Å². The van der Waals surface area contributed by atoms with E-state index < -0.39 is 0 Å². The average molecular weight is 154 g/mol. The molecular weight excluding hydrogens is 136 g/mol. The van der Waals surface area contributed by atoms with Gasteiger partial charge in [0.1, 0.15) is 0 Å². The maximum Gasteiger partial charge on any atom is 0.0283 e. The summed E-state index contributed by atoms with van der Waals surface area (Å²) in [6.07, 6.45) is 3.84. The molecule has 0 atom stereocenters. The zero-order chi connectivity index (χ0) is 7.90. The number of nitrogens with zero attached hydrogens (tertiary/aromatic N) is 1. The molecule has 0 aromatic rings. The molecule has 2 rings (SSSR count). The van der Waals surface area contributed by atoms with Gasteiger partial charge in [-0.05, 0) is 25.2 Å². The third kappa shape index (κ3) is 1.42. The number of hydrogen-bond acceptors (Lipinski definition) is 2. The summed E-state index contributed by atoms with van der Waals surface area (Å²) in [5, 5.41) is 0. The molecule has 0 amide bonds. The summed E-state index contributed by atoms with van der Waals surface area (Å²) in [5.41, 5.74) is 6.33. The Bertz CT molecular complexity index is 146. The van der Waals surface area contributed by atoms with Gasteiger partial charge >= 0.3 is 0 Å². The first-order valence-electron chi connectivity index (χ1n) is 4.69. The molecule has 0 spiro atoms. The third-order valence-corrected chi connectivity index (χ3v) is 3.03. The van der Waals surface area contributed by atoms with Crippen molar-refractivity contribution in [1.29, 1.82) is 0 Å². The summed E-state index contributed by atoms with van der Waals surface area (Å²) in [7, 11) is 0. The third-order valence-electron chi connectivity index (χ3n) is 3.03. The predicted molar refractivity (Wildman–Crippen MR) is 46.4 cm³/mol. The normalized spacial score (nSPS) is 31.1. The van der Waals surface area contributed by atoms with Crippen molar-refractivity contribution in [2.45, 2.75) is 31.7 Å². The number of rotatable bonds is 2. The second kappa shape index (κ2) is 2.46. The highest BCUT2D eigenvalue weighted by molar-refractivity contribution is 4.97. The van der Waals surface area contributed by atoms with Crippen LogP contribution in [-0.2, 0) is 0 Å². The Balaban J connectivity index is 1.73. The minimum atomic E-state index is 0.208. The fourth-order valence-corrected chi connectivity index (χ4v) is 2.19. The van der Waals surface area contributed by atoms with Crippen molar-refractivity contribution in [3.8, 4) is 0 Å². The second-order valence-electron chi connectivity index (χ2n) is 4.52. The van der Waals surface area contributed by atoms with Gasteiger partial charge in [0.25, 0.3) is 0 Å². The molecule has 0 aromatic carbocycles. The standard InChI is InChI=1S/C9H18N2/c1-8-5-11(6-8)7-9(10)3-2-4-9/h8H,2-7,10H2,1H3. The zero-order valence-corrected chi connectivity index (χ0v) is 7.34. The van der Waals surface area contributed by atoms with Gasteiger partial charge in [-0.1, -0.05) is 6.92 Å². The predicted octanol–water partition coefficient (Wildman–Crippen LogP) is 0.819. The molecule has 1 aliphatic carbocycles. The van der Waals surface area contributed by atoms with Crippen molar-refractivity contribution < 1.29 is 0 Å². The van der Waals surface area contributed by atoms with E-state index in [0.717, 1.165) is 12.5 Å². The molecule has 2 nitrogen and oxygen atoms in total. The molecule has 2 N–H and O–H groups in total. The lowest BCUT2D eigenvalue weighted by molar-refractivity contribution is 0.0580. The molecule has 64 valence electrons. The highest BCUT2D eigenvalue weighted by atomic mass is 15.2. The summed E-state index contributed by atoms with van der Waals surface area (Å²) >= 11 is 0. The van der Waals surface area contributed by atoms with Gasteiger partial charge in [-0.2, -0.15) is 0 Å². The summed E-state index contributed by atoms with van der Waals surface area (Å²) in [4.78, 5) is 2.49. The van der Waals surface area contributed by atoms with Crippen molar-refractivity contribution in [3.63, 3.8) is 0 Å². The molecule has 2 aliphatic rings. The monoisotopic (exact) mass is 154 g/mol. The van der Waals surface area contributed by atoms with Crippen molar-refractivity contribution in [2.75, 3.05) is 19.6 Å². The Hall–Kier alpha value is -0.0800. The maximum absolute atomic E-state index is 6.12. The zero-order valence-electron chi connectivity index (χ0n) is 7.34. The smallest absolute Gasteiger partial charge is 0.0283 e. The lowest BCUT2D eigenvalue weighted by atomic mass is 9.76. The first-order valence-corrected chi connectivity index (χ1v) is 4.69. The van der Waals surface area contributed by atoms with Gasteiger partial charge in [0.15, 0.2) is 0 Å². The van der Waals surface area contributed by atoms with E-state index in [9.17, 15) is 0 Å². The largest absolute Gasteiger partial charge is 0.324 e. The van der Waals surface area contributed by atoms with Crippen molar-refractivity contribution >= 4 is 0 Å². The van der Waals surface area contributed by atoms with Gasteiger partial charge in [0.2, 0.25) is 0 Å². The Kier molecular flexibility index (Phi) is 1.69. The van der Waals surface area contributed by atoms with E-state index >= 15 is 0 Å². The maximum atomic E-state index is 6.12. The second-order valence-corrected chi connectivity index (χ2v) is 4.52. The lowest BCUT2D eigenvalue weighted by Crippen LogP contribution is -2.59. The highest BCUT2D eigenvalue weighted by Crippen LogP contribution is 2.31. The van der Waals surface area contributed by atoms with Crippen molar-refractivity contribution in [1.82, 2.24) is 4.90 Å². The van der Waals surface area contributed by atoms with Crippen LogP contribution in [0.25, 0.3) is 0 Å². The van der Waals surface area contributed by atoms with E-state index in [0.29, 0.717) is 0 Å². The number of nitrogens with two attached hydrogens (primary N) is 1. The van der Waals surface area contributed by atoms with Crippen molar-refractivity contribution in [2.24, 2.45) is 11.7 Å². The van der Waals surface area contributed by atoms with Crippen LogP contribution in [0.15, 0.2) is 0 Å². The fourth-order valence-electron chi connectivity index (χ4n) is 2.19. The highest BCUT2D eigenvalue weighted by Gasteiger charge is 2.36. The quantitative estimate of drug-likeness (QED) is 0.638. The van der Waals surface area contributed by atoms with E-state index in [1.54, 1.807) is 0 Å². The molecule has 1 heterocycles. The van der Waals surface area contributed by atoms with E-state index in [4.69, 9.17) is 5.73 Å². The van der Waals surface area contributed by atoms with Crippen molar-refractivity contribution in [3.05, 3.63) is 0 Å².